The number of hydrogen-bond acceptors (Lipinski definition) is 2. The Hall–Kier alpha value is 0.137. The first kappa shape index (κ1) is 15.1. The number of hydrogen-bond donors (Lipinski definition) is 0. The summed E-state index contributed by atoms with van der Waals surface area (Å²) in [5.41, 5.74) is 0. The van der Waals surface area contributed by atoms with Gasteiger partial charge in [-0.1, -0.05) is 40.0 Å². The van der Waals surface area contributed by atoms with Crippen molar-refractivity contribution in [1.29, 1.82) is 0 Å². The fourth-order valence-corrected chi connectivity index (χ4v) is 3.54. The molecule has 0 aromatic carbocycles. The van der Waals surface area contributed by atoms with Crippen LogP contribution in [0.15, 0.2) is 0 Å². The zero-order chi connectivity index (χ0) is 11.6. The molecule has 1 radical (unpaired) electrons. The highest BCUT2D eigenvalue weighted by molar-refractivity contribution is 6.66. The van der Waals surface area contributed by atoms with Crippen molar-refractivity contribution in [2.75, 3.05) is 13.2 Å². The predicted octanol–water partition coefficient (Wildman–Crippen LogP) is 3.92. The molecule has 0 N–H and O–H groups in total. The Balaban J connectivity index is 3.83. The summed E-state index contributed by atoms with van der Waals surface area (Å²) in [5, 5.41) is 0. The fourth-order valence-electron chi connectivity index (χ4n) is 1.37. The van der Waals surface area contributed by atoms with Crippen LogP contribution in [0.25, 0.3) is 0 Å². The molecule has 0 saturated carbocycles. The molecule has 15 heavy (non-hydrogen) atoms. The van der Waals surface area contributed by atoms with Crippen LogP contribution in [0.3, 0.4) is 0 Å². The molecule has 0 aromatic rings. The summed E-state index contributed by atoms with van der Waals surface area (Å²) in [6, 6.07) is 1.01. The average Bonchev–Trinajstić information content (AvgIpc) is 2.19. The van der Waals surface area contributed by atoms with E-state index in [1.165, 1.54) is 12.8 Å². The first-order valence-corrected chi connectivity index (χ1v) is 8.78. The van der Waals surface area contributed by atoms with Gasteiger partial charge >= 0.3 is 8.56 Å². The summed E-state index contributed by atoms with van der Waals surface area (Å²) in [7, 11) is -1.89. The minimum Gasteiger partial charge on any atom is -0.394 e. The highest BCUT2D eigenvalue weighted by Crippen LogP contribution is 2.16. The minimum absolute atomic E-state index is 0.853. The fraction of sp³-hybridized carbons (Fsp3) is 0.917. The molecule has 0 fully saturated rings. The van der Waals surface area contributed by atoms with Crippen LogP contribution < -0.4 is 0 Å². The Morgan fingerprint density at radius 2 is 1.47 bits per heavy atom. The molecular weight excluding hydrogens is 204 g/mol. The van der Waals surface area contributed by atoms with Gasteiger partial charge in [0.05, 0.1) is 0 Å². The Bertz CT molecular complexity index is 130. The minimum atomic E-state index is -1.89. The normalized spacial score (nSPS) is 12.0. The SMILES string of the molecule is [CH2]CC[Si](C)(OCCCC)OCCCC. The lowest BCUT2D eigenvalue weighted by Crippen LogP contribution is -2.39. The van der Waals surface area contributed by atoms with Crippen molar-refractivity contribution in [3.63, 3.8) is 0 Å². The van der Waals surface area contributed by atoms with E-state index in [0.29, 0.717) is 0 Å². The quantitative estimate of drug-likeness (QED) is 0.419. The molecule has 0 saturated heterocycles. The smallest absolute Gasteiger partial charge is 0.334 e. The lowest BCUT2D eigenvalue weighted by Gasteiger charge is -2.26. The standard InChI is InChI=1S/C12H27O2Si/c1-5-8-10-13-15(4,12-7-3)14-11-9-6-2/h3,5-12H2,1-2,4H3. The van der Waals surface area contributed by atoms with Crippen LogP contribution in [0.4, 0.5) is 0 Å². The zero-order valence-electron chi connectivity index (χ0n) is 10.7. The van der Waals surface area contributed by atoms with Gasteiger partial charge in [0, 0.05) is 13.2 Å². The monoisotopic (exact) mass is 231 g/mol. The third-order valence-electron chi connectivity index (χ3n) is 2.44. The Morgan fingerprint density at radius 3 is 1.80 bits per heavy atom. The second-order valence-corrected chi connectivity index (χ2v) is 7.49. The molecule has 0 amide bonds. The molecule has 0 aromatic heterocycles. The first-order chi connectivity index (χ1) is 7.18. The topological polar surface area (TPSA) is 18.5 Å². The van der Waals surface area contributed by atoms with E-state index in [4.69, 9.17) is 8.85 Å². The van der Waals surface area contributed by atoms with Gasteiger partial charge < -0.3 is 8.85 Å². The third kappa shape index (κ3) is 8.00. The third-order valence-corrected chi connectivity index (χ3v) is 5.33. The second-order valence-electron chi connectivity index (χ2n) is 4.14. The molecular formula is C12H27O2Si. The highest BCUT2D eigenvalue weighted by Gasteiger charge is 2.29. The largest absolute Gasteiger partial charge is 0.394 e. The Morgan fingerprint density at radius 1 is 1.00 bits per heavy atom. The molecule has 0 aliphatic heterocycles. The summed E-state index contributed by atoms with van der Waals surface area (Å²) >= 11 is 0. The molecule has 0 unspecified atom stereocenters. The van der Waals surface area contributed by atoms with Crippen LogP contribution in [0.5, 0.6) is 0 Å². The van der Waals surface area contributed by atoms with E-state index in [9.17, 15) is 0 Å². The summed E-state index contributed by atoms with van der Waals surface area (Å²) in [5.74, 6) is 0. The van der Waals surface area contributed by atoms with Crippen molar-refractivity contribution in [1.82, 2.24) is 0 Å². The molecule has 0 rings (SSSR count). The van der Waals surface area contributed by atoms with E-state index in [1.54, 1.807) is 0 Å². The molecule has 0 atom stereocenters. The highest BCUT2D eigenvalue weighted by atomic mass is 28.4. The lowest BCUT2D eigenvalue weighted by atomic mass is 10.4. The summed E-state index contributed by atoms with van der Waals surface area (Å²) in [6.45, 7) is 12.1. The van der Waals surface area contributed by atoms with Gasteiger partial charge in [-0.05, 0) is 25.4 Å². The van der Waals surface area contributed by atoms with Crippen LogP contribution in [0.2, 0.25) is 12.6 Å². The van der Waals surface area contributed by atoms with E-state index in [1.807, 2.05) is 0 Å². The maximum Gasteiger partial charge on any atom is 0.334 e. The predicted molar refractivity (Wildman–Crippen MR) is 68.1 cm³/mol. The molecule has 0 aliphatic carbocycles. The van der Waals surface area contributed by atoms with E-state index in [0.717, 1.165) is 38.5 Å². The summed E-state index contributed by atoms with van der Waals surface area (Å²) in [4.78, 5) is 0. The zero-order valence-corrected chi connectivity index (χ0v) is 11.7. The Kier molecular flexibility index (Phi) is 9.45. The van der Waals surface area contributed by atoms with E-state index in [2.05, 4.69) is 27.3 Å². The van der Waals surface area contributed by atoms with Crippen molar-refractivity contribution in [2.24, 2.45) is 0 Å². The van der Waals surface area contributed by atoms with Gasteiger partial charge in [0.15, 0.2) is 0 Å². The van der Waals surface area contributed by atoms with Gasteiger partial charge in [0.1, 0.15) is 0 Å². The van der Waals surface area contributed by atoms with Crippen molar-refractivity contribution in [2.45, 2.75) is 58.5 Å². The number of rotatable bonds is 10. The van der Waals surface area contributed by atoms with Crippen molar-refractivity contribution < 1.29 is 8.85 Å². The maximum atomic E-state index is 5.93. The van der Waals surface area contributed by atoms with Gasteiger partial charge in [-0.3, -0.25) is 0 Å². The van der Waals surface area contributed by atoms with Gasteiger partial charge in [-0.25, -0.2) is 0 Å². The van der Waals surface area contributed by atoms with Crippen molar-refractivity contribution in [3.8, 4) is 0 Å². The molecule has 0 heterocycles. The maximum absolute atomic E-state index is 5.93. The van der Waals surface area contributed by atoms with Gasteiger partial charge in [-0.2, -0.15) is 0 Å². The average molecular weight is 231 g/mol. The number of unbranched alkanes of at least 4 members (excludes halogenated alkanes) is 2. The summed E-state index contributed by atoms with van der Waals surface area (Å²) in [6.07, 6.45) is 5.56. The van der Waals surface area contributed by atoms with Crippen molar-refractivity contribution >= 4 is 8.56 Å². The molecule has 91 valence electrons. The first-order valence-electron chi connectivity index (χ1n) is 6.25. The van der Waals surface area contributed by atoms with Crippen LogP contribution in [0, 0.1) is 6.92 Å². The molecule has 3 heteroatoms. The van der Waals surface area contributed by atoms with Crippen LogP contribution in [-0.2, 0) is 8.85 Å². The molecule has 0 bridgehead atoms. The molecule has 2 nitrogen and oxygen atoms in total. The molecule has 0 spiro atoms. The Labute approximate surface area is 96.6 Å². The lowest BCUT2D eigenvalue weighted by molar-refractivity contribution is 0.169. The van der Waals surface area contributed by atoms with Crippen molar-refractivity contribution in [3.05, 3.63) is 6.92 Å². The van der Waals surface area contributed by atoms with E-state index >= 15 is 0 Å². The van der Waals surface area contributed by atoms with Gasteiger partial charge in [0.2, 0.25) is 0 Å². The van der Waals surface area contributed by atoms with Gasteiger partial charge in [-0.15, -0.1) is 0 Å². The van der Waals surface area contributed by atoms with E-state index in [-0.39, 0.29) is 0 Å². The molecule has 0 aliphatic rings. The van der Waals surface area contributed by atoms with Crippen LogP contribution in [0.1, 0.15) is 46.0 Å². The van der Waals surface area contributed by atoms with Crippen LogP contribution >= 0.6 is 0 Å². The summed E-state index contributed by atoms with van der Waals surface area (Å²) < 4.78 is 11.9. The van der Waals surface area contributed by atoms with E-state index < -0.39 is 8.56 Å². The van der Waals surface area contributed by atoms with Gasteiger partial charge in [0.25, 0.3) is 0 Å². The second kappa shape index (κ2) is 9.37. The van der Waals surface area contributed by atoms with Crippen LogP contribution in [-0.4, -0.2) is 21.8 Å².